The van der Waals surface area contributed by atoms with E-state index < -0.39 is 0 Å². The van der Waals surface area contributed by atoms with Crippen molar-refractivity contribution < 1.29 is 4.79 Å². The highest BCUT2D eigenvalue weighted by Crippen LogP contribution is 2.06. The minimum atomic E-state index is 0.266. The molecule has 17 heavy (non-hydrogen) atoms. The number of Topliss-reactive ketones (excluding diaryl/α,β-unsaturated/α-hetero) is 1. The molecule has 2 rings (SSSR count). The summed E-state index contributed by atoms with van der Waals surface area (Å²) in [6.45, 7) is 0. The maximum Gasteiger partial charge on any atom is 0.137 e. The van der Waals surface area contributed by atoms with Crippen LogP contribution in [0.4, 0.5) is 0 Å². The summed E-state index contributed by atoms with van der Waals surface area (Å²) in [5.74, 6) is 0.266. The van der Waals surface area contributed by atoms with Crippen LogP contribution in [-0.4, -0.2) is 15.6 Å². The molecule has 0 aliphatic carbocycles. The first-order valence-corrected chi connectivity index (χ1v) is 5.77. The van der Waals surface area contributed by atoms with Gasteiger partial charge in [0.25, 0.3) is 0 Å². The largest absolute Gasteiger partial charge is 0.299 e. The number of ketones is 1. The highest BCUT2D eigenvalue weighted by molar-refractivity contribution is 5.80. The molecule has 1 heterocycles. The molecule has 0 fully saturated rings. The molecule has 0 saturated heterocycles. The van der Waals surface area contributed by atoms with Crippen molar-refractivity contribution >= 4 is 5.78 Å². The molecule has 3 nitrogen and oxygen atoms in total. The Kier molecular flexibility index (Phi) is 3.70. The van der Waals surface area contributed by atoms with Crippen LogP contribution >= 0.6 is 0 Å². The second-order valence-corrected chi connectivity index (χ2v) is 4.22. The Balaban J connectivity index is 1.82. The summed E-state index contributed by atoms with van der Waals surface area (Å²) >= 11 is 0. The van der Waals surface area contributed by atoms with E-state index in [0.717, 1.165) is 12.0 Å². The van der Waals surface area contributed by atoms with Crippen LogP contribution in [-0.2, 0) is 24.7 Å². The van der Waals surface area contributed by atoms with Gasteiger partial charge in [-0.15, -0.1) is 0 Å². The van der Waals surface area contributed by atoms with Gasteiger partial charge in [-0.3, -0.25) is 9.48 Å². The second-order valence-electron chi connectivity index (χ2n) is 4.22. The molecule has 0 amide bonds. The summed E-state index contributed by atoms with van der Waals surface area (Å²) in [4.78, 5) is 11.8. The van der Waals surface area contributed by atoms with Gasteiger partial charge in [-0.25, -0.2) is 0 Å². The molecule has 0 N–H and O–H groups in total. The lowest BCUT2D eigenvalue weighted by Gasteiger charge is -2.00. The average molecular weight is 228 g/mol. The van der Waals surface area contributed by atoms with E-state index >= 15 is 0 Å². The Morgan fingerprint density at radius 3 is 2.65 bits per heavy atom. The lowest BCUT2D eigenvalue weighted by molar-refractivity contribution is -0.118. The monoisotopic (exact) mass is 228 g/mol. The number of hydrogen-bond donors (Lipinski definition) is 0. The third-order valence-electron chi connectivity index (χ3n) is 2.69. The minimum absolute atomic E-state index is 0.266. The van der Waals surface area contributed by atoms with Crippen molar-refractivity contribution in [2.75, 3.05) is 0 Å². The molecule has 0 aliphatic rings. The lowest BCUT2D eigenvalue weighted by Crippen LogP contribution is -2.03. The Bertz CT molecular complexity index is 488. The number of hydrogen-bond acceptors (Lipinski definition) is 2. The Morgan fingerprint density at radius 1 is 1.24 bits per heavy atom. The molecule has 1 aromatic carbocycles. The third kappa shape index (κ3) is 3.55. The van der Waals surface area contributed by atoms with Crippen molar-refractivity contribution in [3.8, 4) is 0 Å². The van der Waals surface area contributed by atoms with Crippen LogP contribution < -0.4 is 0 Å². The highest BCUT2D eigenvalue weighted by atomic mass is 16.1. The standard InChI is InChI=1S/C14H16N2O/c1-16-11-13(10-15-16)9-14(17)8-7-12-5-3-2-4-6-12/h2-6,10-11H,7-9H2,1H3. The first-order chi connectivity index (χ1) is 8.24. The fourth-order valence-electron chi connectivity index (χ4n) is 1.81. The van der Waals surface area contributed by atoms with Gasteiger partial charge >= 0.3 is 0 Å². The first-order valence-electron chi connectivity index (χ1n) is 5.77. The fourth-order valence-corrected chi connectivity index (χ4v) is 1.81. The molecule has 0 saturated carbocycles. The number of rotatable bonds is 5. The predicted octanol–water partition coefficient (Wildman–Crippen LogP) is 2.16. The number of carbonyl (C=O) groups excluding carboxylic acids is 1. The van der Waals surface area contributed by atoms with Crippen molar-refractivity contribution in [3.63, 3.8) is 0 Å². The summed E-state index contributed by atoms with van der Waals surface area (Å²) in [7, 11) is 1.86. The highest BCUT2D eigenvalue weighted by Gasteiger charge is 2.05. The number of carbonyl (C=O) groups is 1. The predicted molar refractivity (Wildman–Crippen MR) is 66.7 cm³/mol. The van der Waals surface area contributed by atoms with E-state index in [-0.39, 0.29) is 5.78 Å². The smallest absolute Gasteiger partial charge is 0.137 e. The summed E-state index contributed by atoms with van der Waals surface area (Å²) < 4.78 is 1.72. The van der Waals surface area contributed by atoms with Gasteiger partial charge in [-0.05, 0) is 17.5 Å². The van der Waals surface area contributed by atoms with Crippen molar-refractivity contribution in [3.05, 3.63) is 53.9 Å². The van der Waals surface area contributed by atoms with Crippen molar-refractivity contribution in [1.29, 1.82) is 0 Å². The normalized spacial score (nSPS) is 10.4. The Morgan fingerprint density at radius 2 is 2.00 bits per heavy atom. The van der Waals surface area contributed by atoms with E-state index in [2.05, 4.69) is 17.2 Å². The summed E-state index contributed by atoms with van der Waals surface area (Å²) in [5.41, 5.74) is 2.21. The van der Waals surface area contributed by atoms with Gasteiger partial charge in [0.2, 0.25) is 0 Å². The summed E-state index contributed by atoms with van der Waals surface area (Å²) in [6, 6.07) is 10.1. The topological polar surface area (TPSA) is 34.9 Å². The van der Waals surface area contributed by atoms with E-state index in [1.807, 2.05) is 31.4 Å². The molecular formula is C14H16N2O. The van der Waals surface area contributed by atoms with E-state index in [0.29, 0.717) is 12.8 Å². The maximum absolute atomic E-state index is 11.8. The van der Waals surface area contributed by atoms with Gasteiger partial charge in [0.15, 0.2) is 0 Å². The zero-order valence-electron chi connectivity index (χ0n) is 9.97. The fraction of sp³-hybridized carbons (Fsp3) is 0.286. The van der Waals surface area contributed by atoms with E-state index in [4.69, 9.17) is 0 Å². The molecule has 0 aliphatic heterocycles. The molecule has 1 aromatic heterocycles. The Hall–Kier alpha value is -1.90. The SMILES string of the molecule is Cn1cc(CC(=O)CCc2ccccc2)cn1. The maximum atomic E-state index is 11.8. The zero-order chi connectivity index (χ0) is 12.1. The number of nitrogens with zero attached hydrogens (tertiary/aromatic N) is 2. The summed E-state index contributed by atoms with van der Waals surface area (Å²) in [5, 5.41) is 4.05. The number of aromatic nitrogens is 2. The van der Waals surface area contributed by atoms with Crippen LogP contribution in [0.5, 0.6) is 0 Å². The lowest BCUT2D eigenvalue weighted by atomic mass is 10.0. The molecule has 0 unspecified atom stereocenters. The Labute approximate surface area is 101 Å². The van der Waals surface area contributed by atoms with E-state index in [9.17, 15) is 4.79 Å². The van der Waals surface area contributed by atoms with Gasteiger partial charge < -0.3 is 0 Å². The van der Waals surface area contributed by atoms with Gasteiger partial charge in [-0.1, -0.05) is 30.3 Å². The first kappa shape index (κ1) is 11.6. The molecule has 88 valence electrons. The van der Waals surface area contributed by atoms with E-state index in [1.165, 1.54) is 5.56 Å². The number of aryl methyl sites for hydroxylation is 2. The average Bonchev–Trinajstić information content (AvgIpc) is 2.73. The van der Waals surface area contributed by atoms with Crippen LogP contribution in [0.15, 0.2) is 42.7 Å². The van der Waals surface area contributed by atoms with Crippen LogP contribution in [0.1, 0.15) is 17.5 Å². The van der Waals surface area contributed by atoms with Gasteiger partial charge in [0.05, 0.1) is 6.20 Å². The summed E-state index contributed by atoms with van der Waals surface area (Å²) in [6.07, 6.45) is 5.54. The quantitative estimate of drug-likeness (QED) is 0.786. The van der Waals surface area contributed by atoms with Gasteiger partial charge in [0, 0.05) is 26.1 Å². The molecule has 0 atom stereocenters. The molecule has 3 heteroatoms. The van der Waals surface area contributed by atoms with Gasteiger partial charge in [0.1, 0.15) is 5.78 Å². The van der Waals surface area contributed by atoms with Gasteiger partial charge in [-0.2, -0.15) is 5.10 Å². The molecular weight excluding hydrogens is 212 g/mol. The third-order valence-corrected chi connectivity index (χ3v) is 2.69. The van der Waals surface area contributed by atoms with Crippen LogP contribution in [0.25, 0.3) is 0 Å². The van der Waals surface area contributed by atoms with Crippen LogP contribution in [0, 0.1) is 0 Å². The molecule has 0 bridgehead atoms. The van der Waals surface area contributed by atoms with Crippen molar-refractivity contribution in [2.45, 2.75) is 19.3 Å². The van der Waals surface area contributed by atoms with Crippen LogP contribution in [0.2, 0.25) is 0 Å². The second kappa shape index (κ2) is 5.43. The number of benzene rings is 1. The van der Waals surface area contributed by atoms with Crippen LogP contribution in [0.3, 0.4) is 0 Å². The van der Waals surface area contributed by atoms with Crippen molar-refractivity contribution in [2.24, 2.45) is 7.05 Å². The molecule has 2 aromatic rings. The minimum Gasteiger partial charge on any atom is -0.299 e. The zero-order valence-corrected chi connectivity index (χ0v) is 9.97. The molecule has 0 radical (unpaired) electrons. The van der Waals surface area contributed by atoms with Crippen molar-refractivity contribution in [1.82, 2.24) is 9.78 Å². The molecule has 0 spiro atoms. The van der Waals surface area contributed by atoms with E-state index in [1.54, 1.807) is 10.9 Å².